The zero-order valence-electron chi connectivity index (χ0n) is 20.0. The van der Waals surface area contributed by atoms with Crippen molar-refractivity contribution < 1.29 is 31.9 Å². The molecule has 12 heteroatoms. The van der Waals surface area contributed by atoms with Crippen molar-refractivity contribution in [2.24, 2.45) is 5.92 Å². The predicted octanol–water partition coefficient (Wildman–Crippen LogP) is 7.68. The number of nitrogens with zero attached hydrogens (tertiary/aromatic N) is 2. The van der Waals surface area contributed by atoms with Crippen LogP contribution in [0.2, 0.25) is 0 Å². The van der Waals surface area contributed by atoms with E-state index >= 15 is 0 Å². The summed E-state index contributed by atoms with van der Waals surface area (Å²) in [4.78, 5) is 13.8. The van der Waals surface area contributed by atoms with Gasteiger partial charge in [0.05, 0.1) is 13.0 Å². The van der Waals surface area contributed by atoms with Gasteiger partial charge in [-0.1, -0.05) is 38.2 Å². The maximum absolute atomic E-state index is 12.3. The number of hydrogen-bond acceptors (Lipinski definition) is 9. The van der Waals surface area contributed by atoms with Crippen LogP contribution in [0.4, 0.5) is 24.9 Å². The molecule has 1 aromatic carbocycles. The van der Waals surface area contributed by atoms with E-state index < -0.39 is 6.36 Å². The largest absolute Gasteiger partial charge is 0.573 e. The molecule has 0 spiro atoms. The normalized spacial score (nSPS) is 12.4. The van der Waals surface area contributed by atoms with Crippen molar-refractivity contribution in [3.63, 3.8) is 0 Å². The summed E-state index contributed by atoms with van der Waals surface area (Å²) in [6.07, 6.45) is -0.0992. The fourth-order valence-corrected chi connectivity index (χ4v) is 5.21. The fourth-order valence-electron chi connectivity index (χ4n) is 3.22. The third-order valence-corrected chi connectivity index (χ3v) is 7.27. The minimum Gasteiger partial charge on any atom is -0.465 e. The standard InChI is InChI=1S/C24H28F3N3O4S2/c1-3-5-6-16(4-2)15-32-20(31)12-14-35-19-11-13-36-21(19)22-29-30-23(33-22)28-17-7-9-18(10-8-17)34-24(25,26)27/h7-11,13,16H,3-6,12,14-15H2,1-2H3,(H,28,30). The molecule has 0 fully saturated rings. The molecule has 2 aromatic heterocycles. The van der Waals surface area contributed by atoms with E-state index in [-0.39, 0.29) is 17.7 Å². The number of esters is 1. The third kappa shape index (κ3) is 9.05. The van der Waals surface area contributed by atoms with Crippen molar-refractivity contribution in [3.05, 3.63) is 35.7 Å². The topological polar surface area (TPSA) is 86.5 Å². The van der Waals surface area contributed by atoms with Crippen LogP contribution in [-0.4, -0.2) is 34.9 Å². The number of alkyl halides is 3. The number of carbonyl (C=O) groups is 1. The average Bonchev–Trinajstić information content (AvgIpc) is 3.49. The Morgan fingerprint density at radius 2 is 1.97 bits per heavy atom. The number of hydrogen-bond donors (Lipinski definition) is 1. The summed E-state index contributed by atoms with van der Waals surface area (Å²) >= 11 is 2.93. The minimum absolute atomic E-state index is 0.0935. The number of ether oxygens (including phenoxy) is 2. The number of benzene rings is 1. The van der Waals surface area contributed by atoms with E-state index in [2.05, 4.69) is 34.1 Å². The van der Waals surface area contributed by atoms with E-state index in [0.29, 0.717) is 36.3 Å². The van der Waals surface area contributed by atoms with Crippen LogP contribution >= 0.6 is 23.1 Å². The number of thiophene rings is 1. The van der Waals surface area contributed by atoms with Gasteiger partial charge >= 0.3 is 18.3 Å². The summed E-state index contributed by atoms with van der Waals surface area (Å²) in [6.45, 7) is 4.74. The molecule has 0 saturated carbocycles. The molecule has 0 amide bonds. The monoisotopic (exact) mass is 543 g/mol. The van der Waals surface area contributed by atoms with E-state index in [1.807, 2.05) is 11.4 Å². The Labute approximate surface area is 215 Å². The number of rotatable bonds is 14. The first-order chi connectivity index (χ1) is 17.3. The van der Waals surface area contributed by atoms with Gasteiger partial charge in [0.25, 0.3) is 5.89 Å². The molecule has 196 valence electrons. The van der Waals surface area contributed by atoms with Gasteiger partial charge in [-0.3, -0.25) is 4.79 Å². The van der Waals surface area contributed by atoms with Crippen LogP contribution in [0.3, 0.4) is 0 Å². The number of thioether (sulfide) groups is 1. The second-order valence-corrected chi connectivity index (χ2v) is 9.97. The van der Waals surface area contributed by atoms with E-state index in [9.17, 15) is 18.0 Å². The summed E-state index contributed by atoms with van der Waals surface area (Å²) in [6, 6.07) is 7.19. The second kappa shape index (κ2) is 13.5. The van der Waals surface area contributed by atoms with Crippen molar-refractivity contribution in [1.29, 1.82) is 0 Å². The van der Waals surface area contributed by atoms with Crippen LogP contribution < -0.4 is 10.1 Å². The van der Waals surface area contributed by atoms with E-state index in [1.54, 1.807) is 0 Å². The SMILES string of the molecule is CCCCC(CC)COC(=O)CCSc1ccsc1-c1nnc(Nc2ccc(OC(F)(F)F)cc2)o1. The first-order valence-corrected chi connectivity index (χ1v) is 13.5. The number of anilines is 2. The number of aromatic nitrogens is 2. The average molecular weight is 544 g/mol. The maximum Gasteiger partial charge on any atom is 0.573 e. The lowest BCUT2D eigenvalue weighted by molar-refractivity contribution is -0.274. The van der Waals surface area contributed by atoms with Gasteiger partial charge in [-0.15, -0.1) is 41.4 Å². The van der Waals surface area contributed by atoms with Gasteiger partial charge in [0.1, 0.15) is 10.6 Å². The highest BCUT2D eigenvalue weighted by Crippen LogP contribution is 2.36. The summed E-state index contributed by atoms with van der Waals surface area (Å²) in [7, 11) is 0. The van der Waals surface area contributed by atoms with Gasteiger partial charge in [0, 0.05) is 16.3 Å². The Morgan fingerprint density at radius 1 is 1.19 bits per heavy atom. The Hall–Kier alpha value is -2.73. The summed E-state index contributed by atoms with van der Waals surface area (Å²) < 4.78 is 51.9. The Kier molecular flexibility index (Phi) is 10.5. The zero-order valence-corrected chi connectivity index (χ0v) is 21.6. The fraction of sp³-hybridized carbons (Fsp3) is 0.458. The molecule has 36 heavy (non-hydrogen) atoms. The highest BCUT2D eigenvalue weighted by atomic mass is 32.2. The number of unbranched alkanes of at least 4 members (excludes halogenated alkanes) is 1. The van der Waals surface area contributed by atoms with Gasteiger partial charge in [0.15, 0.2) is 0 Å². The second-order valence-electron chi connectivity index (χ2n) is 7.92. The smallest absolute Gasteiger partial charge is 0.465 e. The molecule has 0 aliphatic carbocycles. The Balaban J connectivity index is 1.49. The number of carbonyl (C=O) groups excluding carboxylic acids is 1. The first kappa shape index (κ1) is 27.9. The number of nitrogens with one attached hydrogen (secondary N) is 1. The molecule has 3 aromatic rings. The van der Waals surface area contributed by atoms with Gasteiger partial charge in [0.2, 0.25) is 0 Å². The molecule has 1 unspecified atom stereocenters. The van der Waals surface area contributed by atoms with Crippen LogP contribution in [0.15, 0.2) is 45.0 Å². The molecular formula is C24H28F3N3O4S2. The molecule has 0 radical (unpaired) electrons. The molecule has 7 nitrogen and oxygen atoms in total. The highest BCUT2D eigenvalue weighted by molar-refractivity contribution is 7.99. The van der Waals surface area contributed by atoms with Crippen molar-refractivity contribution in [3.8, 4) is 16.5 Å². The van der Waals surface area contributed by atoms with Gasteiger partial charge in [-0.2, -0.15) is 0 Å². The summed E-state index contributed by atoms with van der Waals surface area (Å²) in [5.41, 5.74) is 0.457. The summed E-state index contributed by atoms with van der Waals surface area (Å²) in [5, 5.41) is 12.8. The van der Waals surface area contributed by atoms with E-state index in [4.69, 9.17) is 9.15 Å². The molecule has 3 rings (SSSR count). The molecule has 0 aliphatic heterocycles. The number of halogens is 3. The van der Waals surface area contributed by atoms with Crippen molar-refractivity contribution >= 4 is 40.8 Å². The highest BCUT2D eigenvalue weighted by Gasteiger charge is 2.31. The minimum atomic E-state index is -4.75. The first-order valence-electron chi connectivity index (χ1n) is 11.6. The van der Waals surface area contributed by atoms with Crippen LogP contribution in [-0.2, 0) is 9.53 Å². The lowest BCUT2D eigenvalue weighted by atomic mass is 10.0. The third-order valence-electron chi connectivity index (χ3n) is 5.17. The molecule has 0 bridgehead atoms. The van der Waals surface area contributed by atoms with Crippen LogP contribution in [0.25, 0.3) is 10.8 Å². The molecule has 1 N–H and O–H groups in total. The lowest BCUT2D eigenvalue weighted by Crippen LogP contribution is -2.16. The van der Waals surface area contributed by atoms with Gasteiger partial charge in [-0.25, -0.2) is 0 Å². The van der Waals surface area contributed by atoms with Gasteiger partial charge in [-0.05, 0) is 48.1 Å². The molecule has 0 saturated heterocycles. The van der Waals surface area contributed by atoms with Crippen LogP contribution in [0.5, 0.6) is 5.75 Å². The van der Waals surface area contributed by atoms with E-state index in [0.717, 1.165) is 35.5 Å². The molecular weight excluding hydrogens is 515 g/mol. The summed E-state index contributed by atoms with van der Waals surface area (Å²) in [5.74, 6) is 0.739. The predicted molar refractivity (Wildman–Crippen MR) is 134 cm³/mol. The zero-order chi connectivity index (χ0) is 26.0. The maximum atomic E-state index is 12.3. The Bertz CT molecular complexity index is 1090. The van der Waals surface area contributed by atoms with Crippen LogP contribution in [0, 0.1) is 5.92 Å². The van der Waals surface area contributed by atoms with Crippen molar-refractivity contribution in [1.82, 2.24) is 10.2 Å². The molecule has 0 aliphatic rings. The molecule has 2 heterocycles. The van der Waals surface area contributed by atoms with Crippen molar-refractivity contribution in [2.45, 2.75) is 57.2 Å². The lowest BCUT2D eigenvalue weighted by Gasteiger charge is -2.14. The van der Waals surface area contributed by atoms with Crippen LogP contribution in [0.1, 0.15) is 46.0 Å². The van der Waals surface area contributed by atoms with Crippen molar-refractivity contribution in [2.75, 3.05) is 17.7 Å². The van der Waals surface area contributed by atoms with Gasteiger partial charge < -0.3 is 19.2 Å². The Morgan fingerprint density at radius 3 is 2.67 bits per heavy atom. The quantitative estimate of drug-likeness (QED) is 0.164. The van der Waals surface area contributed by atoms with E-state index in [1.165, 1.54) is 47.4 Å². The molecule has 1 atom stereocenters.